The average Bonchev–Trinajstić information content (AvgIpc) is 2.94. The summed E-state index contributed by atoms with van der Waals surface area (Å²) in [5.74, 6) is -1.10. The van der Waals surface area contributed by atoms with Gasteiger partial charge in [0.05, 0.1) is 29.4 Å². The maximum Gasteiger partial charge on any atom is 0.261 e. The summed E-state index contributed by atoms with van der Waals surface area (Å²) in [7, 11) is -1.90. The molecule has 0 spiro atoms. The number of nitrogens with one attached hydrogen (secondary N) is 1. The van der Waals surface area contributed by atoms with Crippen LogP contribution in [0.2, 0.25) is 0 Å². The van der Waals surface area contributed by atoms with Gasteiger partial charge in [-0.2, -0.15) is 0 Å². The summed E-state index contributed by atoms with van der Waals surface area (Å²) < 4.78 is 49.7. The highest BCUT2D eigenvalue weighted by molar-refractivity contribution is 7.90. The number of hydrogen-bond donors (Lipinski definition) is 2. The number of pyridine rings is 3. The first kappa shape index (κ1) is 28.4. The van der Waals surface area contributed by atoms with Crippen molar-refractivity contribution >= 4 is 32.5 Å². The molecule has 0 saturated heterocycles. The van der Waals surface area contributed by atoms with Gasteiger partial charge in [-0.05, 0) is 43.7 Å². The number of amides is 1. The van der Waals surface area contributed by atoms with Gasteiger partial charge in [0.25, 0.3) is 5.91 Å². The second-order valence-corrected chi connectivity index (χ2v) is 11.4. The Morgan fingerprint density at radius 1 is 0.976 bits per heavy atom. The molecule has 0 radical (unpaired) electrons. The molecule has 42 heavy (non-hydrogen) atoms. The molecule has 12 heteroatoms. The Labute approximate surface area is 240 Å². The van der Waals surface area contributed by atoms with E-state index in [1.54, 1.807) is 26.0 Å². The predicted molar refractivity (Wildman–Crippen MR) is 154 cm³/mol. The number of aryl methyl sites for hydroxylation is 2. The van der Waals surface area contributed by atoms with Crippen LogP contribution in [-0.4, -0.2) is 47.7 Å². The maximum absolute atomic E-state index is 15.1. The molecular weight excluding hydrogens is 563 g/mol. The molecule has 2 N–H and O–H groups in total. The van der Waals surface area contributed by atoms with E-state index in [0.717, 1.165) is 12.3 Å². The summed E-state index contributed by atoms with van der Waals surface area (Å²) in [5.41, 5.74) is 2.38. The minimum atomic E-state index is -3.41. The van der Waals surface area contributed by atoms with Crippen LogP contribution in [0.1, 0.15) is 21.7 Å². The van der Waals surface area contributed by atoms with Crippen LogP contribution in [0.15, 0.2) is 71.9 Å². The second-order valence-electron chi connectivity index (χ2n) is 9.43. The molecule has 0 aliphatic rings. The number of fused-ring (bicyclic) bond motifs is 1. The van der Waals surface area contributed by atoms with Crippen molar-refractivity contribution in [3.63, 3.8) is 0 Å². The molecule has 0 fully saturated rings. The number of carbonyl (C=O) groups excluding carboxylic acids is 1. The molecule has 1 amide bonds. The fourth-order valence-electron chi connectivity index (χ4n) is 4.47. The fraction of sp³-hybridized carbons (Fsp3) is 0.133. The molecule has 5 rings (SSSR count). The fourth-order valence-corrected chi connectivity index (χ4v) is 5.10. The Bertz CT molecular complexity index is 1960. The molecule has 5 aromatic rings. The third-order valence-corrected chi connectivity index (χ3v) is 7.62. The first-order valence-electron chi connectivity index (χ1n) is 12.5. The summed E-state index contributed by atoms with van der Waals surface area (Å²) in [6, 6.07) is 13.0. The van der Waals surface area contributed by atoms with Crippen LogP contribution >= 0.6 is 0 Å². The Morgan fingerprint density at radius 3 is 2.38 bits per heavy atom. The van der Waals surface area contributed by atoms with Gasteiger partial charge in [0.15, 0.2) is 27.2 Å². The van der Waals surface area contributed by atoms with Crippen molar-refractivity contribution in [2.24, 2.45) is 0 Å². The van der Waals surface area contributed by atoms with Crippen LogP contribution in [-0.2, 0) is 9.84 Å². The van der Waals surface area contributed by atoms with Crippen molar-refractivity contribution in [3.05, 3.63) is 89.8 Å². The van der Waals surface area contributed by atoms with Gasteiger partial charge in [0, 0.05) is 47.6 Å². The number of hydrogen-bond acceptors (Lipinski definition) is 9. The molecule has 0 bridgehead atoms. The summed E-state index contributed by atoms with van der Waals surface area (Å²) in [4.78, 5) is 26.3. The lowest BCUT2D eigenvalue weighted by Gasteiger charge is -2.16. The van der Waals surface area contributed by atoms with Crippen LogP contribution in [0.25, 0.3) is 22.2 Å². The lowest BCUT2D eigenvalue weighted by atomic mass is 9.98. The quantitative estimate of drug-likeness (QED) is 0.248. The molecule has 3 aromatic heterocycles. The zero-order chi connectivity index (χ0) is 30.2. The Hall–Kier alpha value is -5.10. The van der Waals surface area contributed by atoms with Gasteiger partial charge >= 0.3 is 0 Å². The molecular formula is C30H25FN4O6S. The van der Waals surface area contributed by atoms with E-state index in [2.05, 4.69) is 20.3 Å². The van der Waals surface area contributed by atoms with E-state index in [0.29, 0.717) is 28.0 Å². The second kappa shape index (κ2) is 11.1. The molecule has 0 aliphatic heterocycles. The van der Waals surface area contributed by atoms with E-state index in [1.807, 2.05) is 0 Å². The summed E-state index contributed by atoms with van der Waals surface area (Å²) in [5, 5.41) is 13.7. The van der Waals surface area contributed by atoms with E-state index in [9.17, 15) is 18.3 Å². The molecule has 0 atom stereocenters. The van der Waals surface area contributed by atoms with E-state index in [4.69, 9.17) is 9.47 Å². The first-order chi connectivity index (χ1) is 20.0. The number of sulfone groups is 1. The van der Waals surface area contributed by atoms with Gasteiger partial charge in [-0.15, -0.1) is 0 Å². The number of halogens is 1. The van der Waals surface area contributed by atoms with Gasteiger partial charge in [-0.25, -0.2) is 17.8 Å². The van der Waals surface area contributed by atoms with Crippen molar-refractivity contribution in [2.45, 2.75) is 18.7 Å². The number of aromatic hydroxyl groups is 1. The topological polar surface area (TPSA) is 141 Å². The highest BCUT2D eigenvalue weighted by Gasteiger charge is 2.23. The lowest BCUT2D eigenvalue weighted by Crippen LogP contribution is -2.15. The number of anilines is 1. The zero-order valence-corrected chi connectivity index (χ0v) is 23.8. The van der Waals surface area contributed by atoms with Crippen molar-refractivity contribution in [1.29, 1.82) is 0 Å². The molecule has 2 aromatic carbocycles. The summed E-state index contributed by atoms with van der Waals surface area (Å²) in [6.07, 6.45) is 4.10. The van der Waals surface area contributed by atoms with E-state index in [1.165, 1.54) is 55.9 Å². The molecule has 3 heterocycles. The Morgan fingerprint density at radius 2 is 1.71 bits per heavy atom. The van der Waals surface area contributed by atoms with Gasteiger partial charge in [-0.3, -0.25) is 14.8 Å². The normalized spacial score (nSPS) is 11.4. The first-order valence-corrected chi connectivity index (χ1v) is 14.4. The van der Waals surface area contributed by atoms with Crippen molar-refractivity contribution in [1.82, 2.24) is 15.0 Å². The lowest BCUT2D eigenvalue weighted by molar-refractivity contribution is 0.102. The van der Waals surface area contributed by atoms with Crippen LogP contribution in [0.3, 0.4) is 0 Å². The highest BCUT2D eigenvalue weighted by atomic mass is 32.2. The number of ether oxygens (including phenoxy) is 2. The van der Waals surface area contributed by atoms with Crippen LogP contribution < -0.4 is 14.8 Å². The standard InChI is InChI=1S/C30H25FN4O6S/c1-16-26(18-5-8-21(9-6-18)42(4,38)39)29(36)27(17(2)34-16)30(37)35-19-7-10-24(22(31)13-19)41-25-11-12-32-23-14-20(40-3)15-33-28(23)25/h5-15H,1-4H3,(H,34,36)(H,35,37). The molecule has 214 valence electrons. The van der Waals surface area contributed by atoms with Crippen molar-refractivity contribution < 1.29 is 32.2 Å². The number of carbonyl (C=O) groups is 1. The number of aromatic nitrogens is 3. The summed E-state index contributed by atoms with van der Waals surface area (Å²) >= 11 is 0. The largest absolute Gasteiger partial charge is 0.506 e. The predicted octanol–water partition coefficient (Wildman–Crippen LogP) is 5.61. The van der Waals surface area contributed by atoms with E-state index < -0.39 is 21.6 Å². The smallest absolute Gasteiger partial charge is 0.261 e. The number of nitrogens with zero attached hydrogens (tertiary/aromatic N) is 3. The van der Waals surface area contributed by atoms with Crippen molar-refractivity contribution in [3.8, 4) is 34.1 Å². The average molecular weight is 589 g/mol. The third kappa shape index (κ3) is 5.56. The Balaban J connectivity index is 1.41. The number of methoxy groups -OCH3 is 1. The SMILES string of the molecule is COc1cnc2c(Oc3ccc(NC(=O)c4c(C)nc(C)c(-c5ccc(S(C)(=O)=O)cc5)c4O)cc3F)ccnc2c1. The van der Waals surface area contributed by atoms with Gasteiger partial charge in [0.1, 0.15) is 22.6 Å². The number of rotatable bonds is 7. The van der Waals surface area contributed by atoms with Gasteiger partial charge in [0.2, 0.25) is 0 Å². The molecule has 0 unspecified atom stereocenters. The Kier molecular flexibility index (Phi) is 7.48. The van der Waals surface area contributed by atoms with Gasteiger partial charge < -0.3 is 19.9 Å². The molecule has 0 aliphatic carbocycles. The monoisotopic (exact) mass is 588 g/mol. The maximum atomic E-state index is 15.1. The third-order valence-electron chi connectivity index (χ3n) is 6.49. The van der Waals surface area contributed by atoms with Crippen LogP contribution in [0.4, 0.5) is 10.1 Å². The summed E-state index contributed by atoms with van der Waals surface area (Å²) in [6.45, 7) is 3.23. The minimum Gasteiger partial charge on any atom is -0.506 e. The van der Waals surface area contributed by atoms with Gasteiger partial charge in [-0.1, -0.05) is 12.1 Å². The van der Waals surface area contributed by atoms with Crippen LogP contribution in [0, 0.1) is 19.7 Å². The van der Waals surface area contributed by atoms with E-state index >= 15 is 4.39 Å². The van der Waals surface area contributed by atoms with Crippen LogP contribution in [0.5, 0.6) is 23.0 Å². The highest BCUT2D eigenvalue weighted by Crippen LogP contribution is 2.37. The van der Waals surface area contributed by atoms with Crippen molar-refractivity contribution in [2.75, 3.05) is 18.7 Å². The molecule has 0 saturated carbocycles. The minimum absolute atomic E-state index is 0.103. The zero-order valence-electron chi connectivity index (χ0n) is 23.0. The number of benzene rings is 2. The molecule has 10 nitrogen and oxygen atoms in total. The van der Waals surface area contributed by atoms with E-state index in [-0.39, 0.29) is 44.7 Å².